The lowest BCUT2D eigenvalue weighted by Gasteiger charge is -2.01. The highest BCUT2D eigenvalue weighted by Crippen LogP contribution is 1.97. The van der Waals surface area contributed by atoms with Crippen molar-refractivity contribution in [2.24, 2.45) is 0 Å². The van der Waals surface area contributed by atoms with Crippen LogP contribution in [0.25, 0.3) is 0 Å². The highest BCUT2D eigenvalue weighted by Gasteiger charge is 1.94. The molecule has 0 aliphatic heterocycles. The topological polar surface area (TPSA) is 35.5 Å². The molecule has 0 aliphatic rings. The summed E-state index contributed by atoms with van der Waals surface area (Å²) in [6.45, 7) is 10.4. The van der Waals surface area contributed by atoms with Gasteiger partial charge in [-0.2, -0.15) is 0 Å². The molecule has 0 saturated carbocycles. The van der Waals surface area contributed by atoms with E-state index in [4.69, 9.17) is 42.4 Å². The van der Waals surface area contributed by atoms with Gasteiger partial charge in [-0.1, -0.05) is 19.6 Å². The number of carbonyl (C=O) groups excluding carboxylic acids is 1. The molecule has 0 aromatic heterocycles. The normalized spacial score (nSPS) is 9.30. The van der Waals surface area contributed by atoms with Gasteiger partial charge in [-0.3, -0.25) is 0 Å². The zero-order valence-corrected chi connectivity index (χ0v) is 17.1. The second kappa shape index (κ2) is 24.2. The van der Waals surface area contributed by atoms with Crippen LogP contribution in [0.5, 0.6) is 0 Å². The molecule has 0 atom stereocenters. The Bertz CT molecular complexity index is 227. The first kappa shape index (κ1) is 25.2. The fourth-order valence-corrected chi connectivity index (χ4v) is 1.58. The van der Waals surface area contributed by atoms with Crippen molar-refractivity contribution in [1.29, 1.82) is 0 Å². The van der Waals surface area contributed by atoms with E-state index in [1.54, 1.807) is 0 Å². The van der Waals surface area contributed by atoms with Crippen LogP contribution in [-0.2, 0) is 14.0 Å². The van der Waals surface area contributed by atoms with Crippen LogP contribution in [-0.4, -0.2) is 35.7 Å². The molecular formula is C12H25Cl3O3Si2. The third-order valence-corrected chi connectivity index (χ3v) is 3.07. The Labute approximate surface area is 140 Å². The van der Waals surface area contributed by atoms with Gasteiger partial charge < -0.3 is 9.16 Å². The van der Waals surface area contributed by atoms with Crippen molar-refractivity contribution in [2.75, 3.05) is 13.2 Å². The fraction of sp³-hybridized carbons (Fsp3) is 0.583. The van der Waals surface area contributed by atoms with Gasteiger partial charge in [0, 0.05) is 12.7 Å². The van der Waals surface area contributed by atoms with Crippen molar-refractivity contribution < 1.29 is 14.0 Å². The molecule has 120 valence electrons. The minimum atomic E-state index is -1.72. The van der Waals surface area contributed by atoms with Gasteiger partial charge in [0.25, 0.3) is 0 Å². The second-order valence-electron chi connectivity index (χ2n) is 3.22. The summed E-state index contributed by atoms with van der Waals surface area (Å²) in [4.78, 5) is 10.5. The van der Waals surface area contributed by atoms with Gasteiger partial charge in [0.1, 0.15) is 0 Å². The van der Waals surface area contributed by atoms with Gasteiger partial charge in [-0.15, -0.1) is 39.8 Å². The maximum absolute atomic E-state index is 10.5. The number of hydrogen-bond acceptors (Lipinski definition) is 3. The highest BCUT2D eigenvalue weighted by atomic mass is 35.8. The van der Waals surface area contributed by atoms with E-state index in [-0.39, 0.29) is 15.7 Å². The summed E-state index contributed by atoms with van der Waals surface area (Å²) in [5.41, 5.74) is 0. The van der Waals surface area contributed by atoms with Gasteiger partial charge in [0.2, 0.25) is 0 Å². The Morgan fingerprint density at radius 2 is 1.80 bits per heavy atom. The summed E-state index contributed by atoms with van der Waals surface area (Å²) in [7, 11) is -0.357. The Morgan fingerprint density at radius 1 is 1.30 bits per heavy atom. The van der Waals surface area contributed by atoms with E-state index in [1.807, 2.05) is 13.0 Å². The lowest BCUT2D eigenvalue weighted by atomic mass is 10.5. The number of carbonyl (C=O) groups is 1. The summed E-state index contributed by atoms with van der Waals surface area (Å²) in [6, 6.07) is 1.07. The average Bonchev–Trinajstić information content (AvgIpc) is 2.42. The number of esters is 1. The van der Waals surface area contributed by atoms with Crippen LogP contribution in [0.15, 0.2) is 25.3 Å². The van der Waals surface area contributed by atoms with Gasteiger partial charge in [-0.25, -0.2) is 4.79 Å². The molecule has 0 amide bonds. The summed E-state index contributed by atoms with van der Waals surface area (Å²) in [6.07, 6.45) is 5.05. The van der Waals surface area contributed by atoms with E-state index in [0.29, 0.717) is 6.61 Å². The molecule has 3 nitrogen and oxygen atoms in total. The lowest BCUT2D eigenvalue weighted by Crippen LogP contribution is -2.04. The number of halogens is 3. The first-order valence-electron chi connectivity index (χ1n) is 6.36. The largest absolute Gasteiger partial charge is 0.463 e. The average molecular weight is 380 g/mol. The van der Waals surface area contributed by atoms with Crippen LogP contribution in [0.2, 0.25) is 6.04 Å². The van der Waals surface area contributed by atoms with Crippen molar-refractivity contribution >= 4 is 55.7 Å². The van der Waals surface area contributed by atoms with Gasteiger partial charge in [0.15, 0.2) is 9.76 Å². The fourth-order valence-electron chi connectivity index (χ4n) is 0.682. The third kappa shape index (κ3) is 42.9. The van der Waals surface area contributed by atoms with Crippen LogP contribution in [0.3, 0.4) is 0 Å². The molecule has 0 aromatic carbocycles. The number of allylic oxidation sites excluding steroid dienone is 1. The molecule has 0 spiro atoms. The van der Waals surface area contributed by atoms with E-state index >= 15 is 0 Å². The van der Waals surface area contributed by atoms with Crippen molar-refractivity contribution in [2.45, 2.75) is 32.7 Å². The number of ether oxygens (including phenoxy) is 1. The van der Waals surface area contributed by atoms with Crippen LogP contribution in [0, 0.1) is 0 Å². The molecule has 0 aliphatic carbocycles. The Kier molecular flexibility index (Phi) is 30.5. The summed E-state index contributed by atoms with van der Waals surface area (Å²) >= 11 is 14.8. The zero-order valence-electron chi connectivity index (χ0n) is 12.2. The van der Waals surface area contributed by atoms with E-state index in [9.17, 15) is 4.79 Å². The van der Waals surface area contributed by atoms with Crippen molar-refractivity contribution in [3.63, 3.8) is 0 Å². The quantitative estimate of drug-likeness (QED) is 0.161. The lowest BCUT2D eigenvalue weighted by molar-refractivity contribution is -0.137. The standard InChI is InChI=1S/C8H16O3Si.C4H8.Cl3HSi/c1-3-8(9)10-6-5-7-12-11-4-2;1-3-4-2;1-4(2)3/h3H,1,4-7,12H2,2H3;3H,1,4H2,2H3;4H. The molecule has 8 heteroatoms. The number of hydrogen-bond donors (Lipinski definition) is 0. The summed E-state index contributed by atoms with van der Waals surface area (Å²) in [5.74, 6) is -0.340. The molecule has 0 saturated heterocycles. The van der Waals surface area contributed by atoms with E-state index in [2.05, 4.69) is 20.1 Å². The van der Waals surface area contributed by atoms with E-state index in [0.717, 1.165) is 25.5 Å². The van der Waals surface area contributed by atoms with Gasteiger partial charge in [0.05, 0.1) is 6.61 Å². The third-order valence-electron chi connectivity index (χ3n) is 1.59. The Morgan fingerprint density at radius 3 is 2.15 bits per heavy atom. The molecule has 20 heavy (non-hydrogen) atoms. The summed E-state index contributed by atoms with van der Waals surface area (Å²) in [5, 5.41) is 0. The van der Waals surface area contributed by atoms with Gasteiger partial charge in [-0.05, 0) is 25.8 Å². The highest BCUT2D eigenvalue weighted by molar-refractivity contribution is 7.54. The Balaban J connectivity index is -0.000000297. The minimum Gasteiger partial charge on any atom is -0.463 e. The molecule has 0 rings (SSSR count). The van der Waals surface area contributed by atoms with E-state index in [1.165, 1.54) is 6.08 Å². The zero-order chi connectivity index (χ0) is 16.2. The molecule has 0 aromatic rings. The van der Waals surface area contributed by atoms with E-state index < -0.39 is 6.73 Å². The predicted octanol–water partition coefficient (Wildman–Crippen LogP) is 3.65. The maximum Gasteiger partial charge on any atom is 0.330 e. The predicted molar refractivity (Wildman–Crippen MR) is 95.9 cm³/mol. The first-order chi connectivity index (χ1) is 9.45. The van der Waals surface area contributed by atoms with Crippen LogP contribution >= 0.6 is 33.2 Å². The molecular weight excluding hydrogens is 355 g/mol. The maximum atomic E-state index is 10.5. The second-order valence-corrected chi connectivity index (χ2v) is 11.2. The molecule has 0 fully saturated rings. The molecule has 0 heterocycles. The van der Waals surface area contributed by atoms with Crippen molar-refractivity contribution in [3.8, 4) is 0 Å². The van der Waals surface area contributed by atoms with Crippen LogP contribution < -0.4 is 0 Å². The number of rotatable bonds is 8. The molecule has 0 unspecified atom stereocenters. The van der Waals surface area contributed by atoms with Crippen LogP contribution in [0.1, 0.15) is 26.7 Å². The molecule has 0 bridgehead atoms. The smallest absolute Gasteiger partial charge is 0.330 e. The molecule has 0 N–H and O–H groups in total. The van der Waals surface area contributed by atoms with Crippen LogP contribution in [0.4, 0.5) is 0 Å². The SMILES string of the molecule is C=CC(=O)OCCC[SiH2]OCC.C=CCC.Cl[SiH](Cl)Cl. The summed E-state index contributed by atoms with van der Waals surface area (Å²) < 4.78 is 10.0. The first-order valence-corrected chi connectivity index (χ1v) is 13.2. The Hall–Kier alpha value is 0.214. The van der Waals surface area contributed by atoms with Crippen molar-refractivity contribution in [3.05, 3.63) is 25.3 Å². The van der Waals surface area contributed by atoms with Crippen molar-refractivity contribution in [1.82, 2.24) is 0 Å². The monoisotopic (exact) mass is 378 g/mol. The molecule has 0 radical (unpaired) electrons. The van der Waals surface area contributed by atoms with Gasteiger partial charge >= 0.3 is 12.7 Å². The minimum absolute atomic E-state index is 0.340.